The van der Waals surface area contributed by atoms with E-state index in [-0.39, 0.29) is 41.6 Å². The van der Waals surface area contributed by atoms with Gasteiger partial charge in [-0.2, -0.15) is 15.8 Å². The first-order valence-corrected chi connectivity index (χ1v) is 3.76. The minimum Gasteiger partial charge on any atom is -1.00 e. The van der Waals surface area contributed by atoms with Crippen molar-refractivity contribution in [2.45, 2.75) is 0 Å². The third-order valence-corrected chi connectivity index (χ3v) is 1.54. The molecule has 0 aromatic carbocycles. The van der Waals surface area contributed by atoms with Crippen LogP contribution in [0.1, 0.15) is 1.43 Å². The van der Waals surface area contributed by atoms with Gasteiger partial charge in [0.15, 0.2) is 11.8 Å². The van der Waals surface area contributed by atoms with Gasteiger partial charge >= 0.3 is 29.6 Å². The molecule has 0 radical (unpaired) electrons. The maximum atomic E-state index is 8.36. The second-order valence-corrected chi connectivity index (χ2v) is 2.19. The van der Waals surface area contributed by atoms with Gasteiger partial charge in [0.1, 0.15) is 17.2 Å². The maximum Gasteiger partial charge on any atom is 1.00 e. The molecule has 0 atom stereocenters. The van der Waals surface area contributed by atoms with Crippen molar-refractivity contribution in [3.8, 4) is 18.3 Å². The van der Waals surface area contributed by atoms with Crippen molar-refractivity contribution in [1.29, 1.82) is 15.8 Å². The van der Waals surface area contributed by atoms with E-state index in [0.29, 0.717) is 0 Å². The minimum absolute atomic E-state index is 0. The van der Waals surface area contributed by atoms with E-state index in [0.717, 1.165) is 11.8 Å². The Bertz CT molecular complexity index is 279. The maximum absolute atomic E-state index is 8.36. The molecule has 0 unspecified atom stereocenters. The second-order valence-electron chi connectivity index (χ2n) is 1.37. The van der Waals surface area contributed by atoms with E-state index in [1.165, 1.54) is 0 Å². The molecule has 56 valence electrons. The van der Waals surface area contributed by atoms with E-state index in [4.69, 9.17) is 15.8 Å². The Morgan fingerprint density at radius 2 is 1.83 bits per heavy atom. The number of thioether (sulfide) groups is 1. The van der Waals surface area contributed by atoms with Crippen molar-refractivity contribution in [2.24, 2.45) is 0 Å². The van der Waals surface area contributed by atoms with Crippen LogP contribution in [0.5, 0.6) is 0 Å². The number of nitriles is 3. The first-order chi connectivity index (χ1) is 5.29. The van der Waals surface area contributed by atoms with Crippen LogP contribution in [-0.4, -0.2) is 6.26 Å². The van der Waals surface area contributed by atoms with Gasteiger partial charge in [-0.25, -0.2) is 0 Å². The summed E-state index contributed by atoms with van der Waals surface area (Å²) in [6.45, 7) is 0. The summed E-state index contributed by atoms with van der Waals surface area (Å²) in [5, 5.41) is 27.4. The molecule has 1 N–H and O–H groups in total. The van der Waals surface area contributed by atoms with E-state index in [1.54, 1.807) is 24.6 Å². The van der Waals surface area contributed by atoms with Crippen LogP contribution in [0.3, 0.4) is 0 Å². The first-order valence-electron chi connectivity index (χ1n) is 2.53. The third-order valence-electron chi connectivity index (χ3n) is 0.824. The largest absolute Gasteiger partial charge is 1.00 e. The fourth-order valence-corrected chi connectivity index (χ4v) is 0.836. The van der Waals surface area contributed by atoms with E-state index in [1.807, 2.05) is 0 Å². The van der Waals surface area contributed by atoms with Gasteiger partial charge in [0.25, 0.3) is 0 Å². The molecule has 0 fully saturated rings. The van der Waals surface area contributed by atoms with Crippen LogP contribution in [0.15, 0.2) is 10.6 Å². The zero-order chi connectivity index (χ0) is 8.69. The van der Waals surface area contributed by atoms with Crippen LogP contribution in [0.25, 0.3) is 0 Å². The molecule has 0 saturated carbocycles. The van der Waals surface area contributed by atoms with Crippen molar-refractivity contribution in [3.63, 3.8) is 0 Å². The molecule has 0 aromatic heterocycles. The summed E-state index contributed by atoms with van der Waals surface area (Å²) in [6, 6.07) is 3.34. The summed E-state index contributed by atoms with van der Waals surface area (Å²) in [4.78, 5) is 0. The fourth-order valence-electron chi connectivity index (χ4n) is 0.393. The number of nitrogens with one attached hydrogen (secondary N) is 1. The number of allylic oxidation sites excluding steroid dienone is 1. The molecular weight excluding hydrogens is 183 g/mol. The molecule has 0 aromatic rings. The van der Waals surface area contributed by atoms with Gasteiger partial charge in [-0.05, 0) is 6.26 Å². The molecule has 6 heteroatoms. The number of hydrogen-bond acceptors (Lipinski definition) is 5. The summed E-state index contributed by atoms with van der Waals surface area (Å²) < 4.78 is 0. The molecule has 0 aliphatic carbocycles. The monoisotopic (exact) mass is 188 g/mol. The molecule has 0 aliphatic heterocycles. The van der Waals surface area contributed by atoms with Gasteiger partial charge in [0, 0.05) is 0 Å². The Hall–Kier alpha value is -0.640. The zero-order valence-electron chi connectivity index (χ0n) is 7.75. The molecular formula is C6H5N4NaS. The summed E-state index contributed by atoms with van der Waals surface area (Å²) in [7, 11) is 0. The van der Waals surface area contributed by atoms with Gasteiger partial charge in [-0.1, -0.05) is 0 Å². The van der Waals surface area contributed by atoms with E-state index >= 15 is 0 Å². The van der Waals surface area contributed by atoms with Crippen molar-refractivity contribution in [1.82, 2.24) is 5.32 Å². The molecule has 0 amide bonds. The van der Waals surface area contributed by atoms with Crippen LogP contribution in [0.4, 0.5) is 0 Å². The Labute approximate surface area is 98.6 Å². The number of nitrogens with zero attached hydrogens (tertiary/aromatic N) is 3. The predicted molar refractivity (Wildman–Crippen MR) is 41.6 cm³/mol. The average molecular weight is 188 g/mol. The number of rotatable bonds is 2. The topological polar surface area (TPSA) is 83.4 Å². The summed E-state index contributed by atoms with van der Waals surface area (Å²) in [5.74, 6) is 0. The van der Waals surface area contributed by atoms with E-state index in [9.17, 15) is 0 Å². The SMILES string of the molecule is CSC(NC#N)=C(C#N)C#N.[H-].[Na+]. The Morgan fingerprint density at radius 3 is 2.08 bits per heavy atom. The Kier molecular flexibility index (Phi) is 9.81. The van der Waals surface area contributed by atoms with Crippen LogP contribution in [-0.2, 0) is 0 Å². The molecule has 0 spiro atoms. The fraction of sp³-hybridized carbons (Fsp3) is 0.167. The van der Waals surface area contributed by atoms with Crippen LogP contribution < -0.4 is 34.9 Å². The van der Waals surface area contributed by atoms with E-state index in [2.05, 4.69) is 5.32 Å². The van der Waals surface area contributed by atoms with Gasteiger partial charge in [-0.3, -0.25) is 5.32 Å². The van der Waals surface area contributed by atoms with Crippen molar-refractivity contribution >= 4 is 11.8 Å². The van der Waals surface area contributed by atoms with Gasteiger partial charge in [0.2, 0.25) is 0 Å². The smallest absolute Gasteiger partial charge is 1.00 e. The molecule has 0 rings (SSSR count). The Morgan fingerprint density at radius 1 is 1.33 bits per heavy atom. The number of hydrogen-bond donors (Lipinski definition) is 1. The summed E-state index contributed by atoms with van der Waals surface area (Å²) >= 11 is 1.15. The van der Waals surface area contributed by atoms with Gasteiger partial charge in [0.05, 0.1) is 0 Å². The average Bonchev–Trinajstić information content (AvgIpc) is 2.05. The van der Waals surface area contributed by atoms with Crippen molar-refractivity contribution in [2.75, 3.05) is 6.26 Å². The van der Waals surface area contributed by atoms with Crippen LogP contribution >= 0.6 is 11.8 Å². The minimum atomic E-state index is -0.0703. The van der Waals surface area contributed by atoms with Crippen LogP contribution in [0, 0.1) is 34.1 Å². The quantitative estimate of drug-likeness (QED) is 0.230. The standard InChI is InChI=1S/C6H4N4S.Na.H/c1-11-6(10-4-9)5(2-7)3-8;;/h10H,1H3;;/q;+1;-1. The summed E-state index contributed by atoms with van der Waals surface area (Å²) in [5.41, 5.74) is -0.0703. The zero-order valence-corrected chi connectivity index (χ0v) is 9.57. The van der Waals surface area contributed by atoms with Gasteiger partial charge in [-0.15, -0.1) is 11.8 Å². The predicted octanol–water partition coefficient (Wildman–Crippen LogP) is -2.20. The summed E-state index contributed by atoms with van der Waals surface area (Å²) in [6.07, 6.45) is 3.31. The molecule has 0 saturated heterocycles. The molecule has 0 heterocycles. The van der Waals surface area contributed by atoms with Crippen LogP contribution in [0.2, 0.25) is 0 Å². The molecule has 0 aliphatic rings. The first kappa shape index (κ1) is 13.9. The van der Waals surface area contributed by atoms with Crippen molar-refractivity contribution < 1.29 is 31.0 Å². The van der Waals surface area contributed by atoms with Crippen molar-refractivity contribution in [3.05, 3.63) is 10.6 Å². The second kappa shape index (κ2) is 8.46. The third kappa shape index (κ3) is 4.28. The molecule has 12 heavy (non-hydrogen) atoms. The normalized spacial score (nSPS) is 6.17. The molecule has 4 nitrogen and oxygen atoms in total. The van der Waals surface area contributed by atoms with Gasteiger partial charge < -0.3 is 1.43 Å². The van der Waals surface area contributed by atoms with E-state index < -0.39 is 0 Å². The molecule has 0 bridgehead atoms. The Balaban J connectivity index is -0.000000500.